The van der Waals surface area contributed by atoms with Gasteiger partial charge in [-0.05, 0) is 19.1 Å². The minimum Gasteiger partial charge on any atom is -0.463 e. The number of ether oxygens (including phenoxy) is 1. The number of aryl methyl sites for hydroxylation is 1. The van der Waals surface area contributed by atoms with Crippen molar-refractivity contribution in [1.29, 1.82) is 0 Å². The van der Waals surface area contributed by atoms with E-state index in [-0.39, 0.29) is 0 Å². The van der Waals surface area contributed by atoms with Crippen LogP contribution >= 0.6 is 11.3 Å². The number of thiazole rings is 1. The van der Waals surface area contributed by atoms with Gasteiger partial charge < -0.3 is 14.0 Å². The van der Waals surface area contributed by atoms with E-state index in [4.69, 9.17) is 14.0 Å². The largest absolute Gasteiger partial charge is 0.463 e. The maximum Gasteiger partial charge on any atom is 0.315 e. The SMILES string of the molecule is C=CCON=C1CCOc2oc(-c3sc(-c4cccnc4)nc3C)nc21. The monoisotopic (exact) mass is 368 g/mol. The van der Waals surface area contributed by atoms with Crippen LogP contribution in [0.3, 0.4) is 0 Å². The molecule has 0 spiro atoms. The van der Waals surface area contributed by atoms with Gasteiger partial charge in [0.25, 0.3) is 0 Å². The zero-order valence-electron chi connectivity index (χ0n) is 14.1. The van der Waals surface area contributed by atoms with Crippen LogP contribution in [0.25, 0.3) is 21.3 Å². The van der Waals surface area contributed by atoms with Gasteiger partial charge in [-0.3, -0.25) is 4.98 Å². The highest BCUT2D eigenvalue weighted by molar-refractivity contribution is 7.18. The molecule has 1 aliphatic heterocycles. The lowest BCUT2D eigenvalue weighted by Gasteiger charge is -2.11. The molecule has 0 unspecified atom stereocenters. The van der Waals surface area contributed by atoms with Crippen LogP contribution in [0.2, 0.25) is 0 Å². The summed E-state index contributed by atoms with van der Waals surface area (Å²) in [5, 5.41) is 4.99. The van der Waals surface area contributed by atoms with Crippen LogP contribution in [0.5, 0.6) is 5.95 Å². The Morgan fingerprint density at radius 1 is 1.42 bits per heavy atom. The number of oxazole rings is 1. The molecule has 132 valence electrons. The van der Waals surface area contributed by atoms with Crippen molar-refractivity contribution in [2.45, 2.75) is 13.3 Å². The Balaban J connectivity index is 1.69. The van der Waals surface area contributed by atoms with Gasteiger partial charge in [-0.1, -0.05) is 17.8 Å². The molecule has 26 heavy (non-hydrogen) atoms. The number of hydrogen-bond donors (Lipinski definition) is 0. The Hall–Kier alpha value is -3.00. The summed E-state index contributed by atoms with van der Waals surface area (Å²) in [6, 6.07) is 3.86. The molecule has 4 rings (SSSR count). The fourth-order valence-electron chi connectivity index (χ4n) is 2.51. The Morgan fingerprint density at radius 2 is 2.35 bits per heavy atom. The lowest BCUT2D eigenvalue weighted by molar-refractivity contribution is 0.171. The summed E-state index contributed by atoms with van der Waals surface area (Å²) in [5.74, 6) is 0.835. The van der Waals surface area contributed by atoms with Crippen LogP contribution in [-0.2, 0) is 4.84 Å². The second kappa shape index (κ2) is 7.09. The Labute approximate surface area is 154 Å². The Bertz CT molecular complexity index is 962. The predicted octanol–water partition coefficient (Wildman–Crippen LogP) is 3.86. The predicted molar refractivity (Wildman–Crippen MR) is 98.4 cm³/mol. The van der Waals surface area contributed by atoms with E-state index in [0.717, 1.165) is 21.1 Å². The van der Waals surface area contributed by atoms with Crippen molar-refractivity contribution in [1.82, 2.24) is 15.0 Å². The van der Waals surface area contributed by atoms with Crippen LogP contribution in [0.1, 0.15) is 17.8 Å². The first-order valence-corrected chi connectivity index (χ1v) is 8.90. The smallest absolute Gasteiger partial charge is 0.315 e. The van der Waals surface area contributed by atoms with Crippen LogP contribution < -0.4 is 4.74 Å². The fourth-order valence-corrected chi connectivity index (χ4v) is 3.49. The molecule has 8 heteroatoms. The molecule has 0 aromatic carbocycles. The molecule has 1 aliphatic rings. The molecule has 0 saturated heterocycles. The van der Waals surface area contributed by atoms with E-state index in [1.807, 2.05) is 19.1 Å². The van der Waals surface area contributed by atoms with Crippen LogP contribution in [0.4, 0.5) is 0 Å². The lowest BCUT2D eigenvalue weighted by Crippen LogP contribution is -2.16. The second-order valence-electron chi connectivity index (χ2n) is 5.55. The molecule has 0 atom stereocenters. The van der Waals surface area contributed by atoms with Crippen LogP contribution in [0.15, 0.2) is 46.8 Å². The average Bonchev–Trinajstić information content (AvgIpc) is 3.26. The molecule has 0 aliphatic carbocycles. The van der Waals surface area contributed by atoms with E-state index in [9.17, 15) is 0 Å². The zero-order chi connectivity index (χ0) is 17.9. The van der Waals surface area contributed by atoms with Crippen molar-refractivity contribution in [3.05, 3.63) is 48.6 Å². The summed E-state index contributed by atoms with van der Waals surface area (Å²) in [5.41, 5.74) is 3.08. The van der Waals surface area contributed by atoms with E-state index >= 15 is 0 Å². The summed E-state index contributed by atoms with van der Waals surface area (Å²) >= 11 is 1.50. The molecule has 0 radical (unpaired) electrons. The number of hydrogen-bond acceptors (Lipinski definition) is 8. The summed E-state index contributed by atoms with van der Waals surface area (Å²) < 4.78 is 11.4. The number of nitrogens with zero attached hydrogens (tertiary/aromatic N) is 4. The van der Waals surface area contributed by atoms with Gasteiger partial charge in [-0.15, -0.1) is 11.3 Å². The first kappa shape index (κ1) is 16.5. The van der Waals surface area contributed by atoms with Crippen molar-refractivity contribution >= 4 is 17.0 Å². The summed E-state index contributed by atoms with van der Waals surface area (Å²) in [7, 11) is 0. The molecule has 3 aromatic rings. The fraction of sp³-hybridized carbons (Fsp3) is 0.222. The van der Waals surface area contributed by atoms with Crippen molar-refractivity contribution in [2.24, 2.45) is 5.16 Å². The van der Waals surface area contributed by atoms with Gasteiger partial charge in [-0.2, -0.15) is 0 Å². The summed E-state index contributed by atoms with van der Waals surface area (Å²) in [6.45, 7) is 6.35. The van der Waals surface area contributed by atoms with E-state index in [0.29, 0.717) is 42.9 Å². The molecule has 0 fully saturated rings. The van der Waals surface area contributed by atoms with E-state index in [2.05, 4.69) is 26.7 Å². The van der Waals surface area contributed by atoms with Gasteiger partial charge in [-0.25, -0.2) is 9.97 Å². The van der Waals surface area contributed by atoms with Gasteiger partial charge in [0.05, 0.1) is 12.3 Å². The first-order valence-electron chi connectivity index (χ1n) is 8.08. The number of fused-ring (bicyclic) bond motifs is 1. The standard InChI is InChI=1S/C18H16N4O3S/c1-3-8-24-22-13-6-9-23-18-14(13)21-16(25-18)15-11(2)20-17(26-15)12-5-4-7-19-10-12/h3-5,7,10H,1,6,8-9H2,2H3. The summed E-state index contributed by atoms with van der Waals surface area (Å²) in [6.07, 6.45) is 5.77. The molecule has 0 N–H and O–H groups in total. The van der Waals surface area contributed by atoms with Gasteiger partial charge >= 0.3 is 5.95 Å². The van der Waals surface area contributed by atoms with E-state index < -0.39 is 0 Å². The van der Waals surface area contributed by atoms with Gasteiger partial charge in [0, 0.05) is 24.4 Å². The highest BCUT2D eigenvalue weighted by Gasteiger charge is 2.27. The first-order chi connectivity index (χ1) is 12.8. The third-order valence-corrected chi connectivity index (χ3v) is 4.90. The number of rotatable bonds is 5. The van der Waals surface area contributed by atoms with Crippen molar-refractivity contribution in [3.63, 3.8) is 0 Å². The molecular formula is C18H16N4O3S. The topological polar surface area (TPSA) is 82.6 Å². The number of pyridine rings is 1. The lowest BCUT2D eigenvalue weighted by atomic mass is 10.2. The highest BCUT2D eigenvalue weighted by Crippen LogP contribution is 2.38. The van der Waals surface area contributed by atoms with Crippen molar-refractivity contribution in [2.75, 3.05) is 13.2 Å². The quantitative estimate of drug-likeness (QED) is 0.386. The average molecular weight is 368 g/mol. The normalized spacial score (nSPS) is 14.7. The maximum atomic E-state index is 5.82. The molecule has 0 bridgehead atoms. The minimum atomic E-state index is 0.340. The highest BCUT2D eigenvalue weighted by atomic mass is 32.1. The number of oxime groups is 1. The third kappa shape index (κ3) is 3.11. The minimum absolute atomic E-state index is 0.340. The molecule has 3 aromatic heterocycles. The van der Waals surface area contributed by atoms with Crippen molar-refractivity contribution in [3.8, 4) is 27.3 Å². The number of aromatic nitrogens is 3. The molecule has 4 heterocycles. The summed E-state index contributed by atoms with van der Waals surface area (Å²) in [4.78, 5) is 19.4. The molecular weight excluding hydrogens is 352 g/mol. The molecule has 0 saturated carbocycles. The third-order valence-electron chi connectivity index (χ3n) is 3.71. The van der Waals surface area contributed by atoms with E-state index in [1.165, 1.54) is 11.3 Å². The van der Waals surface area contributed by atoms with Crippen LogP contribution in [-0.4, -0.2) is 33.9 Å². The Kier molecular flexibility index (Phi) is 4.49. The molecule has 7 nitrogen and oxygen atoms in total. The van der Waals surface area contributed by atoms with Crippen LogP contribution in [0, 0.1) is 6.92 Å². The van der Waals surface area contributed by atoms with Gasteiger partial charge in [0.1, 0.15) is 22.2 Å². The Morgan fingerprint density at radius 3 is 3.15 bits per heavy atom. The van der Waals surface area contributed by atoms with Gasteiger partial charge in [0.15, 0.2) is 5.69 Å². The molecule has 0 amide bonds. The second-order valence-corrected chi connectivity index (χ2v) is 6.55. The zero-order valence-corrected chi connectivity index (χ0v) is 15.0. The van der Waals surface area contributed by atoms with E-state index in [1.54, 1.807) is 18.5 Å². The van der Waals surface area contributed by atoms with Gasteiger partial charge in [0.2, 0.25) is 5.89 Å². The maximum absolute atomic E-state index is 5.82. The van der Waals surface area contributed by atoms with Crippen molar-refractivity contribution < 1.29 is 14.0 Å².